The Hall–Kier alpha value is -0.360. The fourth-order valence-corrected chi connectivity index (χ4v) is 3.60. The molecule has 0 aromatic rings. The Morgan fingerprint density at radius 3 is 2.73 bits per heavy atom. The highest BCUT2D eigenvalue weighted by molar-refractivity contribution is 6.23. The summed E-state index contributed by atoms with van der Waals surface area (Å²) in [6, 6.07) is 0. The quantitative estimate of drug-likeness (QED) is 0.484. The van der Waals surface area contributed by atoms with E-state index in [1.54, 1.807) is 13.8 Å². The Balaban J connectivity index is 1.72. The minimum atomic E-state index is -0.823. The molecule has 1 N–H and O–H groups in total. The van der Waals surface area contributed by atoms with Gasteiger partial charge in [0, 0.05) is 12.8 Å². The molecule has 0 aromatic carbocycles. The Kier molecular flexibility index (Phi) is 4.45. The molecule has 6 heteroatoms. The lowest BCUT2D eigenvalue weighted by Crippen LogP contribution is -2.42. The molecule has 0 radical (unpaired) electrons. The van der Waals surface area contributed by atoms with Crippen LogP contribution in [0.15, 0.2) is 0 Å². The molecule has 0 saturated carbocycles. The predicted molar refractivity (Wildman–Crippen MR) is 80.8 cm³/mol. The zero-order valence-electron chi connectivity index (χ0n) is 13.3. The average Bonchev–Trinajstić information content (AvgIpc) is 3.30. The third-order valence-corrected chi connectivity index (χ3v) is 5.73. The lowest BCUT2D eigenvalue weighted by atomic mass is 9.85. The number of halogens is 1. The zero-order chi connectivity index (χ0) is 16.1. The van der Waals surface area contributed by atoms with Crippen LogP contribution in [0.4, 0.5) is 0 Å². The Labute approximate surface area is 136 Å². The lowest BCUT2D eigenvalue weighted by Gasteiger charge is -2.30. The first-order valence-electron chi connectivity index (χ1n) is 8.18. The van der Waals surface area contributed by atoms with Crippen LogP contribution in [0, 0.1) is 5.41 Å². The van der Waals surface area contributed by atoms with Crippen LogP contribution in [0.1, 0.15) is 46.5 Å². The maximum Gasteiger partial charge on any atom is 0.313 e. The summed E-state index contributed by atoms with van der Waals surface area (Å²) >= 11 is 6.45. The van der Waals surface area contributed by atoms with Crippen LogP contribution >= 0.6 is 11.6 Å². The number of ether oxygens (including phenoxy) is 3. The standard InChI is InChI=1S/C16H25ClO5/c1-4-5-8(18)6-9-7-10-11(21-10)12-13(22-12)14(17)16(2,3)15(19)20-9/h8-14,18H,4-7H2,1-3H3/t8-,9-,10+,11+,12+,13+,14-/m0/s1. The van der Waals surface area contributed by atoms with E-state index in [-0.39, 0.29) is 36.5 Å². The predicted octanol–water partition coefficient (Wildman–Crippen LogP) is 2.02. The summed E-state index contributed by atoms with van der Waals surface area (Å²) in [6.45, 7) is 5.60. The molecule has 0 bridgehead atoms. The average molecular weight is 333 g/mol. The van der Waals surface area contributed by atoms with Crippen LogP contribution in [0.25, 0.3) is 0 Å². The highest BCUT2D eigenvalue weighted by Gasteiger charge is 2.63. The van der Waals surface area contributed by atoms with Crippen LogP contribution in [-0.4, -0.2) is 53.1 Å². The van der Waals surface area contributed by atoms with Crippen molar-refractivity contribution in [3.8, 4) is 0 Å². The van der Waals surface area contributed by atoms with Gasteiger partial charge in [0.15, 0.2) is 0 Å². The number of fused-ring (bicyclic) bond motifs is 3. The number of epoxide rings is 2. The van der Waals surface area contributed by atoms with E-state index < -0.39 is 16.9 Å². The summed E-state index contributed by atoms with van der Waals surface area (Å²) in [4.78, 5) is 12.5. The monoisotopic (exact) mass is 332 g/mol. The van der Waals surface area contributed by atoms with Crippen molar-refractivity contribution < 1.29 is 24.1 Å². The van der Waals surface area contributed by atoms with Gasteiger partial charge in [-0.2, -0.15) is 0 Å². The highest BCUT2D eigenvalue weighted by atomic mass is 35.5. The molecule has 126 valence electrons. The van der Waals surface area contributed by atoms with Crippen molar-refractivity contribution in [1.82, 2.24) is 0 Å². The van der Waals surface area contributed by atoms with Crippen LogP contribution < -0.4 is 0 Å². The van der Waals surface area contributed by atoms with E-state index in [9.17, 15) is 9.90 Å². The van der Waals surface area contributed by atoms with E-state index >= 15 is 0 Å². The van der Waals surface area contributed by atoms with Gasteiger partial charge in [0.25, 0.3) is 0 Å². The Bertz CT molecular complexity index is 440. The molecule has 3 aliphatic heterocycles. The summed E-state index contributed by atoms with van der Waals surface area (Å²) in [5.41, 5.74) is -0.823. The summed E-state index contributed by atoms with van der Waals surface area (Å²) in [5.74, 6) is -0.324. The van der Waals surface area contributed by atoms with Gasteiger partial charge in [0.05, 0.1) is 23.0 Å². The second kappa shape index (κ2) is 5.93. The van der Waals surface area contributed by atoms with E-state index in [4.69, 9.17) is 25.8 Å². The molecule has 5 nitrogen and oxygen atoms in total. The molecule has 3 aliphatic rings. The van der Waals surface area contributed by atoms with E-state index in [0.29, 0.717) is 19.3 Å². The van der Waals surface area contributed by atoms with Crippen molar-refractivity contribution in [1.29, 1.82) is 0 Å². The SMILES string of the molecule is CCC[C@H](O)C[C@H]1C[C@H]2O[C@H]2[C@H]2O[C@H]2[C@H](Cl)C(C)(C)C(=O)O1. The van der Waals surface area contributed by atoms with E-state index in [1.165, 1.54) is 0 Å². The maximum atomic E-state index is 12.5. The number of rotatable bonds is 4. The van der Waals surface area contributed by atoms with Gasteiger partial charge in [-0.25, -0.2) is 0 Å². The van der Waals surface area contributed by atoms with Gasteiger partial charge in [0.1, 0.15) is 24.4 Å². The molecular formula is C16H25ClO5. The van der Waals surface area contributed by atoms with Gasteiger partial charge in [-0.3, -0.25) is 4.79 Å². The lowest BCUT2D eigenvalue weighted by molar-refractivity contribution is -0.162. The molecular weight excluding hydrogens is 308 g/mol. The number of hydrogen-bond donors (Lipinski definition) is 1. The number of carbonyl (C=O) groups is 1. The first kappa shape index (κ1) is 16.5. The van der Waals surface area contributed by atoms with Crippen molar-refractivity contribution in [2.75, 3.05) is 0 Å². The molecule has 0 unspecified atom stereocenters. The van der Waals surface area contributed by atoms with Gasteiger partial charge in [-0.1, -0.05) is 13.3 Å². The second-order valence-electron chi connectivity index (χ2n) is 7.27. The molecule has 0 aromatic heterocycles. The maximum absolute atomic E-state index is 12.5. The van der Waals surface area contributed by atoms with Crippen molar-refractivity contribution >= 4 is 17.6 Å². The highest BCUT2D eigenvalue weighted by Crippen LogP contribution is 2.48. The summed E-state index contributed by atoms with van der Waals surface area (Å²) in [6.07, 6.45) is 1.86. The van der Waals surface area contributed by atoms with Gasteiger partial charge in [-0.15, -0.1) is 11.6 Å². The Morgan fingerprint density at radius 2 is 2.05 bits per heavy atom. The molecule has 3 rings (SSSR count). The summed E-state index contributed by atoms with van der Waals surface area (Å²) in [7, 11) is 0. The van der Waals surface area contributed by atoms with Crippen LogP contribution in [0.5, 0.6) is 0 Å². The summed E-state index contributed by atoms with van der Waals surface area (Å²) < 4.78 is 17.0. The number of hydrogen-bond acceptors (Lipinski definition) is 5. The van der Waals surface area contributed by atoms with Gasteiger partial charge >= 0.3 is 5.97 Å². The second-order valence-corrected chi connectivity index (χ2v) is 7.74. The first-order valence-corrected chi connectivity index (χ1v) is 8.62. The zero-order valence-corrected chi connectivity index (χ0v) is 14.1. The third-order valence-electron chi connectivity index (χ3n) is 4.94. The van der Waals surface area contributed by atoms with Gasteiger partial charge in [-0.05, 0) is 20.3 Å². The van der Waals surface area contributed by atoms with E-state index in [0.717, 1.165) is 6.42 Å². The number of alkyl halides is 1. The van der Waals surface area contributed by atoms with E-state index in [1.807, 2.05) is 6.92 Å². The molecule has 3 fully saturated rings. The third kappa shape index (κ3) is 3.14. The largest absolute Gasteiger partial charge is 0.462 e. The van der Waals surface area contributed by atoms with Gasteiger partial charge in [0.2, 0.25) is 0 Å². The van der Waals surface area contributed by atoms with E-state index in [2.05, 4.69) is 0 Å². The molecule has 0 amide bonds. The van der Waals surface area contributed by atoms with Crippen molar-refractivity contribution in [2.45, 2.75) is 88.5 Å². The van der Waals surface area contributed by atoms with Crippen molar-refractivity contribution in [3.05, 3.63) is 0 Å². The fraction of sp³-hybridized carbons (Fsp3) is 0.938. The molecule has 7 atom stereocenters. The number of aliphatic hydroxyl groups is 1. The molecule has 0 aliphatic carbocycles. The number of aliphatic hydroxyl groups excluding tert-OH is 1. The topological polar surface area (TPSA) is 71.6 Å². The molecule has 0 spiro atoms. The van der Waals surface area contributed by atoms with Gasteiger partial charge < -0.3 is 19.3 Å². The smallest absolute Gasteiger partial charge is 0.313 e. The number of esters is 1. The van der Waals surface area contributed by atoms with Crippen LogP contribution in [0.3, 0.4) is 0 Å². The fourth-order valence-electron chi connectivity index (χ4n) is 3.30. The van der Waals surface area contributed by atoms with Crippen molar-refractivity contribution in [3.63, 3.8) is 0 Å². The minimum absolute atomic E-state index is 0.00103. The normalized spacial score (nSPS) is 44.3. The number of carbonyl (C=O) groups excluding carboxylic acids is 1. The number of cyclic esters (lactones) is 1. The first-order chi connectivity index (χ1) is 10.3. The minimum Gasteiger partial charge on any atom is -0.462 e. The van der Waals surface area contributed by atoms with Crippen LogP contribution in [0.2, 0.25) is 0 Å². The molecule has 22 heavy (non-hydrogen) atoms. The Morgan fingerprint density at radius 1 is 1.32 bits per heavy atom. The van der Waals surface area contributed by atoms with Crippen molar-refractivity contribution in [2.24, 2.45) is 5.41 Å². The van der Waals surface area contributed by atoms with Crippen LogP contribution in [-0.2, 0) is 19.0 Å². The summed E-state index contributed by atoms with van der Waals surface area (Å²) in [5, 5.41) is 9.60. The molecule has 3 heterocycles. The molecule has 3 saturated heterocycles.